The van der Waals surface area contributed by atoms with E-state index in [0.29, 0.717) is 26.2 Å². The van der Waals surface area contributed by atoms with Gasteiger partial charge >= 0.3 is 0 Å². The molecule has 0 aromatic rings. The molecule has 1 amide bonds. The molecule has 0 aromatic carbocycles. The first-order valence-electron chi connectivity index (χ1n) is 5.11. The van der Waals surface area contributed by atoms with Crippen LogP contribution in [0.2, 0.25) is 0 Å². The van der Waals surface area contributed by atoms with Crippen molar-refractivity contribution in [2.45, 2.75) is 20.3 Å². The van der Waals surface area contributed by atoms with E-state index in [-0.39, 0.29) is 11.3 Å². The van der Waals surface area contributed by atoms with Crippen molar-refractivity contribution in [3.63, 3.8) is 0 Å². The average Bonchev–Trinajstić information content (AvgIpc) is 2.19. The van der Waals surface area contributed by atoms with Crippen LogP contribution < -0.4 is 5.73 Å². The van der Waals surface area contributed by atoms with E-state index in [4.69, 9.17) is 10.5 Å². The minimum atomic E-state index is -0.0879. The van der Waals surface area contributed by atoms with Crippen LogP contribution in [0.4, 0.5) is 0 Å². The largest absolute Gasteiger partial charge is 0.378 e. The first-order chi connectivity index (χ1) is 6.55. The zero-order valence-electron chi connectivity index (χ0n) is 9.08. The highest BCUT2D eigenvalue weighted by Gasteiger charge is 2.24. The molecule has 1 aliphatic heterocycles. The SMILES string of the molecule is CC(C)(CN)CC(=O)N1CCOCC1. The summed E-state index contributed by atoms with van der Waals surface area (Å²) in [6.45, 7) is 7.35. The van der Waals surface area contributed by atoms with Crippen LogP contribution in [0.25, 0.3) is 0 Å². The molecule has 1 aliphatic rings. The fourth-order valence-electron chi connectivity index (χ4n) is 1.41. The number of hydrogen-bond donors (Lipinski definition) is 1. The highest BCUT2D eigenvalue weighted by molar-refractivity contribution is 5.77. The predicted molar refractivity (Wildman–Crippen MR) is 54.9 cm³/mol. The second kappa shape index (κ2) is 4.75. The number of amides is 1. The smallest absolute Gasteiger partial charge is 0.223 e. The molecule has 1 heterocycles. The zero-order chi connectivity index (χ0) is 10.6. The molecule has 82 valence electrons. The van der Waals surface area contributed by atoms with Crippen molar-refractivity contribution < 1.29 is 9.53 Å². The lowest BCUT2D eigenvalue weighted by Gasteiger charge is -2.30. The molecule has 2 N–H and O–H groups in total. The Bertz CT molecular complexity index is 198. The molecule has 14 heavy (non-hydrogen) atoms. The number of nitrogens with zero attached hydrogens (tertiary/aromatic N) is 1. The molecule has 1 fully saturated rings. The van der Waals surface area contributed by atoms with Crippen LogP contribution in [0.1, 0.15) is 20.3 Å². The second-order valence-electron chi connectivity index (χ2n) is 4.54. The van der Waals surface area contributed by atoms with Crippen LogP contribution in [0.15, 0.2) is 0 Å². The molecular weight excluding hydrogens is 180 g/mol. The highest BCUT2D eigenvalue weighted by Crippen LogP contribution is 2.19. The Kier molecular flexibility index (Phi) is 3.89. The summed E-state index contributed by atoms with van der Waals surface area (Å²) in [6.07, 6.45) is 0.531. The molecule has 4 heteroatoms. The van der Waals surface area contributed by atoms with Crippen molar-refractivity contribution in [1.82, 2.24) is 4.90 Å². The summed E-state index contributed by atoms with van der Waals surface area (Å²) in [7, 11) is 0. The molecule has 0 aromatic heterocycles. The number of morpholine rings is 1. The fourth-order valence-corrected chi connectivity index (χ4v) is 1.41. The number of carbonyl (C=O) groups excluding carboxylic acids is 1. The van der Waals surface area contributed by atoms with Gasteiger partial charge in [0.05, 0.1) is 13.2 Å². The molecule has 0 saturated carbocycles. The fraction of sp³-hybridized carbons (Fsp3) is 0.900. The highest BCUT2D eigenvalue weighted by atomic mass is 16.5. The third-order valence-electron chi connectivity index (χ3n) is 2.55. The van der Waals surface area contributed by atoms with E-state index in [0.717, 1.165) is 13.1 Å². The Morgan fingerprint density at radius 1 is 1.43 bits per heavy atom. The molecule has 0 spiro atoms. The Hall–Kier alpha value is -0.610. The molecule has 0 radical (unpaired) electrons. The second-order valence-corrected chi connectivity index (χ2v) is 4.54. The number of rotatable bonds is 3. The van der Waals surface area contributed by atoms with Crippen molar-refractivity contribution in [1.29, 1.82) is 0 Å². The van der Waals surface area contributed by atoms with E-state index < -0.39 is 0 Å². The maximum absolute atomic E-state index is 11.8. The quantitative estimate of drug-likeness (QED) is 0.709. The van der Waals surface area contributed by atoms with Gasteiger partial charge in [-0.15, -0.1) is 0 Å². The van der Waals surface area contributed by atoms with Gasteiger partial charge in [0.2, 0.25) is 5.91 Å². The Labute approximate surface area is 85.4 Å². The summed E-state index contributed by atoms with van der Waals surface area (Å²) in [4.78, 5) is 13.6. The van der Waals surface area contributed by atoms with E-state index in [1.165, 1.54) is 0 Å². The van der Waals surface area contributed by atoms with Crippen molar-refractivity contribution in [2.75, 3.05) is 32.8 Å². The number of nitrogens with two attached hydrogens (primary N) is 1. The normalized spacial score (nSPS) is 18.4. The standard InChI is InChI=1S/C10H20N2O2/c1-10(2,8-11)7-9(13)12-3-5-14-6-4-12/h3-8,11H2,1-2H3. The molecule has 1 saturated heterocycles. The molecular formula is C10H20N2O2. The van der Waals surface area contributed by atoms with Crippen molar-refractivity contribution in [3.8, 4) is 0 Å². The third kappa shape index (κ3) is 3.27. The first-order valence-corrected chi connectivity index (χ1v) is 5.11. The van der Waals surface area contributed by atoms with Crippen LogP contribution in [0, 0.1) is 5.41 Å². The van der Waals surface area contributed by atoms with Gasteiger partial charge in [-0.2, -0.15) is 0 Å². The summed E-state index contributed by atoms with van der Waals surface area (Å²) >= 11 is 0. The van der Waals surface area contributed by atoms with Crippen LogP contribution >= 0.6 is 0 Å². The van der Waals surface area contributed by atoms with Crippen LogP contribution in [0.3, 0.4) is 0 Å². The summed E-state index contributed by atoms with van der Waals surface area (Å²) < 4.78 is 5.19. The van der Waals surface area contributed by atoms with Gasteiger partial charge in [-0.3, -0.25) is 4.79 Å². The van der Waals surface area contributed by atoms with Gasteiger partial charge in [0.15, 0.2) is 0 Å². The van der Waals surface area contributed by atoms with Gasteiger partial charge in [-0.05, 0) is 12.0 Å². The van der Waals surface area contributed by atoms with Gasteiger partial charge in [-0.1, -0.05) is 13.8 Å². The summed E-state index contributed by atoms with van der Waals surface area (Å²) in [5.41, 5.74) is 5.50. The third-order valence-corrected chi connectivity index (χ3v) is 2.55. The van der Waals surface area contributed by atoms with E-state index in [1.807, 2.05) is 18.7 Å². The minimum Gasteiger partial charge on any atom is -0.378 e. The van der Waals surface area contributed by atoms with Crippen molar-refractivity contribution >= 4 is 5.91 Å². The monoisotopic (exact) mass is 200 g/mol. The van der Waals surface area contributed by atoms with E-state index in [2.05, 4.69) is 0 Å². The Balaban J connectivity index is 2.40. The lowest BCUT2D eigenvalue weighted by atomic mass is 9.89. The van der Waals surface area contributed by atoms with E-state index in [9.17, 15) is 4.79 Å². The average molecular weight is 200 g/mol. The van der Waals surface area contributed by atoms with Crippen LogP contribution in [0.5, 0.6) is 0 Å². The maximum atomic E-state index is 11.8. The Morgan fingerprint density at radius 2 is 2.00 bits per heavy atom. The topological polar surface area (TPSA) is 55.6 Å². The zero-order valence-corrected chi connectivity index (χ0v) is 9.08. The lowest BCUT2D eigenvalue weighted by molar-refractivity contribution is -0.137. The van der Waals surface area contributed by atoms with E-state index >= 15 is 0 Å². The van der Waals surface area contributed by atoms with Crippen molar-refractivity contribution in [2.24, 2.45) is 11.1 Å². The number of ether oxygens (including phenoxy) is 1. The van der Waals surface area contributed by atoms with Gasteiger partial charge in [0, 0.05) is 19.5 Å². The van der Waals surface area contributed by atoms with Crippen LogP contribution in [-0.2, 0) is 9.53 Å². The summed E-state index contributed by atoms with van der Waals surface area (Å²) in [5, 5.41) is 0. The lowest BCUT2D eigenvalue weighted by Crippen LogP contribution is -2.43. The number of carbonyl (C=O) groups is 1. The minimum absolute atomic E-state index is 0.0879. The summed E-state index contributed by atoms with van der Waals surface area (Å²) in [6, 6.07) is 0. The van der Waals surface area contributed by atoms with Crippen LogP contribution in [-0.4, -0.2) is 43.7 Å². The predicted octanol–water partition coefficient (Wildman–Crippen LogP) is 0.220. The molecule has 0 unspecified atom stereocenters. The first kappa shape index (κ1) is 11.5. The molecule has 0 atom stereocenters. The van der Waals surface area contributed by atoms with Gasteiger partial charge in [0.1, 0.15) is 0 Å². The van der Waals surface area contributed by atoms with E-state index in [1.54, 1.807) is 0 Å². The Morgan fingerprint density at radius 3 is 2.50 bits per heavy atom. The molecule has 0 bridgehead atoms. The maximum Gasteiger partial charge on any atom is 0.223 e. The van der Waals surface area contributed by atoms with Gasteiger partial charge in [-0.25, -0.2) is 0 Å². The van der Waals surface area contributed by atoms with Gasteiger partial charge < -0.3 is 15.4 Å². The van der Waals surface area contributed by atoms with Gasteiger partial charge in [0.25, 0.3) is 0 Å². The molecule has 4 nitrogen and oxygen atoms in total. The number of hydrogen-bond acceptors (Lipinski definition) is 3. The molecule has 1 rings (SSSR count). The molecule has 0 aliphatic carbocycles. The summed E-state index contributed by atoms with van der Waals surface area (Å²) in [5.74, 6) is 0.198. The van der Waals surface area contributed by atoms with Crippen molar-refractivity contribution in [3.05, 3.63) is 0 Å².